The monoisotopic (exact) mass is 196 g/mol. The summed E-state index contributed by atoms with van der Waals surface area (Å²) >= 11 is 0. The first-order chi connectivity index (χ1) is 6.42. The lowest BCUT2D eigenvalue weighted by atomic mass is 9.61. The van der Waals surface area contributed by atoms with E-state index in [2.05, 4.69) is 0 Å². The first-order valence-corrected chi connectivity index (χ1v) is 5.20. The molecule has 0 saturated heterocycles. The van der Waals surface area contributed by atoms with Gasteiger partial charge in [-0.2, -0.15) is 0 Å². The first kappa shape index (κ1) is 9.84. The van der Waals surface area contributed by atoms with Gasteiger partial charge in [0, 0.05) is 18.8 Å². The Balaban J connectivity index is 2.45. The zero-order valence-corrected chi connectivity index (χ0v) is 8.67. The van der Waals surface area contributed by atoms with Crippen molar-refractivity contribution in [1.82, 2.24) is 0 Å². The van der Waals surface area contributed by atoms with Crippen LogP contribution in [0.4, 0.5) is 0 Å². The second kappa shape index (κ2) is 2.66. The van der Waals surface area contributed by atoms with Gasteiger partial charge in [0.1, 0.15) is 11.6 Å². The fourth-order valence-corrected chi connectivity index (χ4v) is 3.00. The van der Waals surface area contributed by atoms with Gasteiger partial charge in [0.25, 0.3) is 0 Å². The summed E-state index contributed by atoms with van der Waals surface area (Å²) in [6.45, 7) is 3.56. The predicted molar refractivity (Wildman–Crippen MR) is 50.7 cm³/mol. The number of hydrogen-bond donors (Lipinski definition) is 1. The molecule has 3 heteroatoms. The third-order valence-corrected chi connectivity index (χ3v) is 4.37. The van der Waals surface area contributed by atoms with E-state index in [4.69, 9.17) is 0 Å². The highest BCUT2D eigenvalue weighted by atomic mass is 16.3. The Morgan fingerprint density at radius 3 is 2.57 bits per heavy atom. The standard InChI is InChI=1S/C11H16O3/c1-7-8(12)3-5-10(2)9(13)4-6-11(7,10)14/h7,14H,3-6H2,1-2H3/t7-,10-,11+/m1/s1. The lowest BCUT2D eigenvalue weighted by Gasteiger charge is -2.45. The third-order valence-electron chi connectivity index (χ3n) is 4.37. The Bertz CT molecular complexity index is 310. The molecule has 0 radical (unpaired) electrons. The van der Waals surface area contributed by atoms with E-state index in [1.54, 1.807) is 6.92 Å². The number of hydrogen-bond acceptors (Lipinski definition) is 3. The number of ketones is 2. The molecule has 0 aliphatic heterocycles. The molecule has 0 amide bonds. The molecule has 0 bridgehead atoms. The van der Waals surface area contributed by atoms with Crippen LogP contribution in [0.5, 0.6) is 0 Å². The molecule has 1 N–H and O–H groups in total. The van der Waals surface area contributed by atoms with E-state index in [0.29, 0.717) is 25.7 Å². The molecule has 0 aromatic heterocycles. The van der Waals surface area contributed by atoms with E-state index in [9.17, 15) is 14.7 Å². The topological polar surface area (TPSA) is 54.4 Å². The smallest absolute Gasteiger partial charge is 0.141 e. The van der Waals surface area contributed by atoms with Crippen LogP contribution < -0.4 is 0 Å². The predicted octanol–water partition coefficient (Wildman–Crippen LogP) is 1.09. The molecule has 78 valence electrons. The average molecular weight is 196 g/mol. The van der Waals surface area contributed by atoms with Gasteiger partial charge in [0.2, 0.25) is 0 Å². The minimum atomic E-state index is -1.07. The van der Waals surface area contributed by atoms with Crippen LogP contribution in [-0.2, 0) is 9.59 Å². The summed E-state index contributed by atoms with van der Waals surface area (Å²) in [6.07, 6.45) is 1.83. The van der Waals surface area contributed by atoms with E-state index >= 15 is 0 Å². The summed E-state index contributed by atoms with van der Waals surface area (Å²) in [4.78, 5) is 23.2. The maximum Gasteiger partial charge on any atom is 0.141 e. The van der Waals surface area contributed by atoms with Crippen molar-refractivity contribution in [1.29, 1.82) is 0 Å². The minimum Gasteiger partial charge on any atom is -0.388 e. The molecule has 2 saturated carbocycles. The Labute approximate surface area is 83.5 Å². The van der Waals surface area contributed by atoms with Crippen LogP contribution in [0, 0.1) is 11.3 Å². The fourth-order valence-electron chi connectivity index (χ4n) is 3.00. The summed E-state index contributed by atoms with van der Waals surface area (Å²) < 4.78 is 0. The zero-order valence-electron chi connectivity index (χ0n) is 8.67. The summed E-state index contributed by atoms with van der Waals surface area (Å²) in [6, 6.07) is 0. The molecular formula is C11H16O3. The highest BCUT2D eigenvalue weighted by Crippen LogP contribution is 2.53. The van der Waals surface area contributed by atoms with Crippen LogP contribution >= 0.6 is 0 Å². The van der Waals surface area contributed by atoms with Crippen LogP contribution in [0.2, 0.25) is 0 Å². The number of carbonyl (C=O) groups is 2. The molecule has 2 rings (SSSR count). The fraction of sp³-hybridized carbons (Fsp3) is 0.818. The molecular weight excluding hydrogens is 180 g/mol. The van der Waals surface area contributed by atoms with Crippen molar-refractivity contribution >= 4 is 11.6 Å². The van der Waals surface area contributed by atoms with Crippen LogP contribution in [0.15, 0.2) is 0 Å². The van der Waals surface area contributed by atoms with Gasteiger partial charge in [-0.25, -0.2) is 0 Å². The van der Waals surface area contributed by atoms with Gasteiger partial charge < -0.3 is 5.11 Å². The van der Waals surface area contributed by atoms with Gasteiger partial charge in [0.05, 0.1) is 11.0 Å². The van der Waals surface area contributed by atoms with Crippen molar-refractivity contribution in [2.45, 2.75) is 45.1 Å². The van der Waals surface area contributed by atoms with Crippen molar-refractivity contribution in [3.8, 4) is 0 Å². The number of rotatable bonds is 0. The van der Waals surface area contributed by atoms with Gasteiger partial charge in [-0.1, -0.05) is 6.92 Å². The summed E-state index contributed by atoms with van der Waals surface area (Å²) in [7, 11) is 0. The second-order valence-corrected chi connectivity index (χ2v) is 4.87. The Hall–Kier alpha value is -0.700. The molecule has 0 aromatic rings. The number of Topliss-reactive ketones (excluding diaryl/α,β-unsaturated/α-hetero) is 2. The van der Waals surface area contributed by atoms with E-state index < -0.39 is 11.0 Å². The van der Waals surface area contributed by atoms with Crippen LogP contribution in [0.25, 0.3) is 0 Å². The van der Waals surface area contributed by atoms with E-state index in [-0.39, 0.29) is 17.5 Å². The molecule has 3 nitrogen and oxygen atoms in total. The third kappa shape index (κ3) is 0.910. The lowest BCUT2D eigenvalue weighted by molar-refractivity contribution is -0.160. The summed E-state index contributed by atoms with van der Waals surface area (Å²) in [5.41, 5.74) is -1.74. The molecule has 3 atom stereocenters. The van der Waals surface area contributed by atoms with Gasteiger partial charge in [-0.15, -0.1) is 0 Å². The van der Waals surface area contributed by atoms with Gasteiger partial charge in [-0.3, -0.25) is 9.59 Å². The largest absolute Gasteiger partial charge is 0.388 e. The van der Waals surface area contributed by atoms with Crippen LogP contribution in [-0.4, -0.2) is 22.3 Å². The first-order valence-electron chi connectivity index (χ1n) is 5.20. The number of carbonyl (C=O) groups excluding carboxylic acids is 2. The Morgan fingerprint density at radius 2 is 1.93 bits per heavy atom. The molecule has 2 aliphatic rings. The summed E-state index contributed by atoms with van der Waals surface area (Å²) in [5.74, 6) is -0.160. The number of aliphatic hydroxyl groups is 1. The van der Waals surface area contributed by atoms with Crippen molar-refractivity contribution in [2.24, 2.45) is 11.3 Å². The van der Waals surface area contributed by atoms with Crippen molar-refractivity contribution < 1.29 is 14.7 Å². The lowest BCUT2D eigenvalue weighted by Crippen LogP contribution is -2.55. The maximum atomic E-state index is 11.7. The maximum absolute atomic E-state index is 11.7. The summed E-state index contributed by atoms with van der Waals surface area (Å²) in [5, 5.41) is 10.4. The molecule has 0 unspecified atom stereocenters. The molecule has 2 aliphatic carbocycles. The molecule has 14 heavy (non-hydrogen) atoms. The molecule has 0 aromatic carbocycles. The van der Waals surface area contributed by atoms with Crippen molar-refractivity contribution in [2.75, 3.05) is 0 Å². The quantitative estimate of drug-likeness (QED) is 0.631. The normalized spacial score (nSPS) is 48.1. The van der Waals surface area contributed by atoms with E-state index in [1.807, 2.05) is 6.92 Å². The minimum absolute atomic E-state index is 0.0969. The van der Waals surface area contributed by atoms with Crippen LogP contribution in [0.1, 0.15) is 39.5 Å². The van der Waals surface area contributed by atoms with Crippen molar-refractivity contribution in [3.63, 3.8) is 0 Å². The average Bonchev–Trinajstić information content (AvgIpc) is 2.39. The Morgan fingerprint density at radius 1 is 1.29 bits per heavy atom. The van der Waals surface area contributed by atoms with Gasteiger partial charge >= 0.3 is 0 Å². The van der Waals surface area contributed by atoms with Crippen LogP contribution in [0.3, 0.4) is 0 Å². The zero-order chi connectivity index (χ0) is 10.6. The molecule has 2 fully saturated rings. The van der Waals surface area contributed by atoms with Crippen molar-refractivity contribution in [3.05, 3.63) is 0 Å². The van der Waals surface area contributed by atoms with E-state index in [1.165, 1.54) is 0 Å². The van der Waals surface area contributed by atoms with E-state index in [0.717, 1.165) is 0 Å². The number of fused-ring (bicyclic) bond motifs is 1. The highest BCUT2D eigenvalue weighted by molar-refractivity contribution is 5.94. The SMILES string of the molecule is C[C@@H]1C(=O)CC[C@]2(C)C(=O)CC[C@]12O. The Kier molecular flexibility index (Phi) is 1.87. The molecule has 0 heterocycles. The second-order valence-electron chi connectivity index (χ2n) is 4.87. The molecule has 0 spiro atoms. The van der Waals surface area contributed by atoms with Gasteiger partial charge in [0.15, 0.2) is 0 Å². The van der Waals surface area contributed by atoms with Gasteiger partial charge in [-0.05, 0) is 19.8 Å². The highest BCUT2D eigenvalue weighted by Gasteiger charge is 2.62.